The van der Waals surface area contributed by atoms with Crippen molar-refractivity contribution in [1.29, 1.82) is 0 Å². The van der Waals surface area contributed by atoms with E-state index in [-0.39, 0.29) is 30.0 Å². The molecule has 1 aromatic carbocycles. The van der Waals surface area contributed by atoms with E-state index in [1.165, 1.54) is 5.56 Å². The van der Waals surface area contributed by atoms with Crippen molar-refractivity contribution in [3.8, 4) is 0 Å². The van der Waals surface area contributed by atoms with Crippen molar-refractivity contribution in [3.63, 3.8) is 0 Å². The van der Waals surface area contributed by atoms with Crippen LogP contribution in [0.1, 0.15) is 43.0 Å². The molecule has 26 heavy (non-hydrogen) atoms. The van der Waals surface area contributed by atoms with Gasteiger partial charge in [0.15, 0.2) is 11.8 Å². The Bertz CT molecular complexity index is 745. The molecule has 0 fully saturated rings. The van der Waals surface area contributed by atoms with Crippen molar-refractivity contribution in [2.75, 3.05) is 0 Å². The van der Waals surface area contributed by atoms with E-state index in [9.17, 15) is 0 Å². The number of guanidine groups is 1. The molecule has 6 nitrogen and oxygen atoms in total. The highest BCUT2D eigenvalue weighted by Crippen LogP contribution is 2.13. The summed E-state index contributed by atoms with van der Waals surface area (Å²) in [6.45, 7) is 4.58. The van der Waals surface area contributed by atoms with Crippen LogP contribution in [0.5, 0.6) is 0 Å². The van der Waals surface area contributed by atoms with Gasteiger partial charge in [-0.05, 0) is 32.3 Å². The van der Waals surface area contributed by atoms with Gasteiger partial charge in [-0.2, -0.15) is 0 Å². The molecule has 0 aliphatic heterocycles. The Morgan fingerprint density at radius 2 is 1.92 bits per heavy atom. The van der Waals surface area contributed by atoms with E-state index < -0.39 is 0 Å². The first-order valence-corrected chi connectivity index (χ1v) is 8.76. The Morgan fingerprint density at radius 1 is 1.23 bits per heavy atom. The summed E-state index contributed by atoms with van der Waals surface area (Å²) in [6, 6.07) is 11.0. The molecule has 1 heterocycles. The summed E-state index contributed by atoms with van der Waals surface area (Å²) < 4.78 is 1.97. The number of hydrogen-bond acceptors (Lipinski definition) is 3. The van der Waals surface area contributed by atoms with Gasteiger partial charge < -0.3 is 15.2 Å². The minimum absolute atomic E-state index is 0. The highest BCUT2D eigenvalue weighted by Gasteiger charge is 2.15. The van der Waals surface area contributed by atoms with Crippen LogP contribution >= 0.6 is 24.0 Å². The molecule has 140 valence electrons. The van der Waals surface area contributed by atoms with Crippen LogP contribution in [0.3, 0.4) is 0 Å². The molecule has 1 aliphatic carbocycles. The normalized spacial score (nSPS) is 15.6. The summed E-state index contributed by atoms with van der Waals surface area (Å²) in [6.07, 6.45) is 6.48. The van der Waals surface area contributed by atoms with Crippen molar-refractivity contribution in [1.82, 2.24) is 25.4 Å². The molecule has 1 aromatic heterocycles. The average molecular weight is 466 g/mol. The number of rotatable bonds is 5. The van der Waals surface area contributed by atoms with Crippen molar-refractivity contribution in [2.24, 2.45) is 12.0 Å². The fourth-order valence-electron chi connectivity index (χ4n) is 2.83. The lowest BCUT2D eigenvalue weighted by Gasteiger charge is -2.21. The van der Waals surface area contributed by atoms with Gasteiger partial charge in [-0.25, -0.2) is 4.99 Å². The summed E-state index contributed by atoms with van der Waals surface area (Å²) in [5.41, 5.74) is 1.23. The number of nitrogens with one attached hydrogen (secondary N) is 2. The Balaban J connectivity index is 0.00000243. The fourth-order valence-corrected chi connectivity index (χ4v) is 2.83. The van der Waals surface area contributed by atoms with Crippen molar-refractivity contribution >= 4 is 29.9 Å². The second-order valence-electron chi connectivity index (χ2n) is 6.45. The minimum atomic E-state index is 0. The number of hydrogen-bond donors (Lipinski definition) is 2. The van der Waals surface area contributed by atoms with Crippen LogP contribution in [0.4, 0.5) is 0 Å². The highest BCUT2D eigenvalue weighted by molar-refractivity contribution is 14.0. The summed E-state index contributed by atoms with van der Waals surface area (Å²) in [5.74, 6) is 2.56. The molecular weight excluding hydrogens is 439 g/mol. The Morgan fingerprint density at radius 3 is 2.54 bits per heavy atom. The van der Waals surface area contributed by atoms with Gasteiger partial charge in [0.05, 0.1) is 6.04 Å². The SMILES string of the molecule is Cc1nnc(CN=C(NC2CC=CC2)NC(C)c2ccccc2)n1C.I. The maximum absolute atomic E-state index is 4.74. The standard InChI is InChI=1S/C19H26N6.HI/c1-14(16-9-5-4-6-10-16)21-19(22-17-11-7-8-12-17)20-13-18-24-23-15(2)25(18)3;/h4-10,14,17H,11-13H2,1-3H3,(H2,20,21,22);1H. The number of halogens is 1. The smallest absolute Gasteiger partial charge is 0.192 e. The maximum Gasteiger partial charge on any atom is 0.192 e. The van der Waals surface area contributed by atoms with Crippen LogP contribution in [-0.2, 0) is 13.6 Å². The Hall–Kier alpha value is -1.90. The first-order valence-electron chi connectivity index (χ1n) is 8.76. The zero-order chi connectivity index (χ0) is 17.6. The molecule has 2 aromatic rings. The second kappa shape index (κ2) is 9.70. The van der Waals surface area contributed by atoms with Gasteiger partial charge in [0.1, 0.15) is 12.4 Å². The lowest BCUT2D eigenvalue weighted by Crippen LogP contribution is -2.43. The predicted octanol–water partition coefficient (Wildman–Crippen LogP) is 3.26. The molecule has 0 bridgehead atoms. The van der Waals surface area contributed by atoms with E-state index in [0.29, 0.717) is 12.6 Å². The predicted molar refractivity (Wildman–Crippen MR) is 116 cm³/mol. The summed E-state index contributed by atoms with van der Waals surface area (Å²) >= 11 is 0. The molecule has 0 amide bonds. The third-order valence-corrected chi connectivity index (χ3v) is 4.56. The first kappa shape index (κ1) is 20.4. The van der Waals surface area contributed by atoms with E-state index >= 15 is 0 Å². The van der Waals surface area contributed by atoms with Gasteiger partial charge in [0.25, 0.3) is 0 Å². The van der Waals surface area contributed by atoms with E-state index in [0.717, 1.165) is 30.5 Å². The van der Waals surface area contributed by atoms with Crippen molar-refractivity contribution < 1.29 is 0 Å². The second-order valence-corrected chi connectivity index (χ2v) is 6.45. The molecule has 3 rings (SSSR count). The van der Waals surface area contributed by atoms with E-state index in [1.54, 1.807) is 0 Å². The summed E-state index contributed by atoms with van der Waals surface area (Å²) in [5, 5.41) is 15.3. The molecule has 1 aliphatic rings. The molecule has 0 saturated carbocycles. The topological polar surface area (TPSA) is 67.1 Å². The summed E-state index contributed by atoms with van der Waals surface area (Å²) in [4.78, 5) is 4.74. The number of benzene rings is 1. The van der Waals surface area contributed by atoms with Crippen LogP contribution in [0, 0.1) is 6.92 Å². The summed E-state index contributed by atoms with van der Waals surface area (Å²) in [7, 11) is 1.97. The molecule has 0 radical (unpaired) electrons. The van der Waals surface area contributed by atoms with Crippen LogP contribution in [0.25, 0.3) is 0 Å². The van der Waals surface area contributed by atoms with Crippen LogP contribution in [0.2, 0.25) is 0 Å². The van der Waals surface area contributed by atoms with Crippen LogP contribution in [-0.4, -0.2) is 26.8 Å². The third-order valence-electron chi connectivity index (χ3n) is 4.56. The van der Waals surface area contributed by atoms with Gasteiger partial charge in [-0.3, -0.25) is 0 Å². The van der Waals surface area contributed by atoms with Gasteiger partial charge in [-0.15, -0.1) is 34.2 Å². The van der Waals surface area contributed by atoms with E-state index in [4.69, 9.17) is 4.99 Å². The van der Waals surface area contributed by atoms with Crippen LogP contribution < -0.4 is 10.6 Å². The quantitative estimate of drug-likeness (QED) is 0.307. The largest absolute Gasteiger partial charge is 0.353 e. The number of aromatic nitrogens is 3. The highest BCUT2D eigenvalue weighted by atomic mass is 127. The van der Waals surface area contributed by atoms with E-state index in [2.05, 4.69) is 64.2 Å². The lowest BCUT2D eigenvalue weighted by atomic mass is 10.1. The van der Waals surface area contributed by atoms with Crippen molar-refractivity contribution in [3.05, 3.63) is 59.7 Å². The first-order chi connectivity index (χ1) is 12.1. The van der Waals surface area contributed by atoms with Gasteiger partial charge in [-0.1, -0.05) is 42.5 Å². The maximum atomic E-state index is 4.74. The molecule has 1 unspecified atom stereocenters. The molecular formula is C19H27IN6. The zero-order valence-electron chi connectivity index (χ0n) is 15.5. The van der Waals surface area contributed by atoms with Gasteiger partial charge >= 0.3 is 0 Å². The Labute approximate surface area is 172 Å². The van der Waals surface area contributed by atoms with Gasteiger partial charge in [0, 0.05) is 13.1 Å². The molecule has 2 N–H and O–H groups in total. The fraction of sp³-hybridized carbons (Fsp3) is 0.421. The number of aliphatic imine (C=N–C) groups is 1. The number of aryl methyl sites for hydroxylation is 1. The van der Waals surface area contributed by atoms with Crippen molar-refractivity contribution in [2.45, 2.75) is 45.3 Å². The zero-order valence-corrected chi connectivity index (χ0v) is 17.8. The third kappa shape index (κ3) is 5.30. The number of nitrogens with zero attached hydrogens (tertiary/aromatic N) is 4. The average Bonchev–Trinajstić information content (AvgIpc) is 3.25. The minimum Gasteiger partial charge on any atom is -0.353 e. The molecule has 0 spiro atoms. The van der Waals surface area contributed by atoms with E-state index in [1.807, 2.05) is 24.6 Å². The molecule has 1 atom stereocenters. The van der Waals surface area contributed by atoms with Crippen LogP contribution in [0.15, 0.2) is 47.5 Å². The molecule has 0 saturated heterocycles. The Kier molecular flexibility index (Phi) is 7.62. The lowest BCUT2D eigenvalue weighted by molar-refractivity contribution is 0.606. The monoisotopic (exact) mass is 466 g/mol. The molecule has 7 heteroatoms. The van der Waals surface area contributed by atoms with Gasteiger partial charge in [0.2, 0.25) is 0 Å².